The van der Waals surface area contributed by atoms with Gasteiger partial charge in [-0.3, -0.25) is 4.79 Å². The molecule has 0 spiro atoms. The van der Waals surface area contributed by atoms with Gasteiger partial charge >= 0.3 is 0 Å². The number of aromatic nitrogens is 1. The van der Waals surface area contributed by atoms with Crippen molar-refractivity contribution in [3.8, 4) is 0 Å². The highest BCUT2D eigenvalue weighted by Gasteiger charge is 2.20. The summed E-state index contributed by atoms with van der Waals surface area (Å²) in [5.41, 5.74) is 6.30. The van der Waals surface area contributed by atoms with Crippen LogP contribution < -0.4 is 5.73 Å². The summed E-state index contributed by atoms with van der Waals surface area (Å²) >= 11 is 1.37. The third kappa shape index (κ3) is 3.20. The molecule has 1 aromatic heterocycles. The highest BCUT2D eigenvalue weighted by Crippen LogP contribution is 2.14. The van der Waals surface area contributed by atoms with E-state index in [1.807, 2.05) is 38.0 Å². The minimum atomic E-state index is 0.107. The van der Waals surface area contributed by atoms with Gasteiger partial charge in [0.2, 0.25) is 5.91 Å². The Bertz CT molecular complexity index is 352. The number of carbonyl (C=O) groups excluding carboxylic acids is 1. The van der Waals surface area contributed by atoms with Gasteiger partial charge in [0.1, 0.15) is 0 Å². The van der Waals surface area contributed by atoms with Crippen LogP contribution in [0, 0.1) is 0 Å². The molecule has 0 atom stereocenters. The Morgan fingerprint density at radius 2 is 2.00 bits per heavy atom. The fourth-order valence-corrected chi connectivity index (χ4v) is 2.39. The monoisotopic (exact) mass is 241 g/mol. The number of hydrogen-bond donors (Lipinski definition) is 1. The Morgan fingerprint density at radius 3 is 2.38 bits per heavy atom. The van der Waals surface area contributed by atoms with Crippen LogP contribution in [0.3, 0.4) is 0 Å². The first-order valence-corrected chi connectivity index (χ1v) is 6.30. The Hall–Kier alpha value is -1.10. The summed E-state index contributed by atoms with van der Waals surface area (Å²) in [6.07, 6.45) is 0.337. The summed E-state index contributed by atoms with van der Waals surface area (Å²) in [6, 6.07) is 0.423. The van der Waals surface area contributed by atoms with Crippen molar-refractivity contribution in [2.75, 3.05) is 5.73 Å². The number of nitrogen functional groups attached to an aromatic ring is 1. The molecule has 5 heteroatoms. The van der Waals surface area contributed by atoms with Crippen molar-refractivity contribution in [1.29, 1.82) is 0 Å². The SMILES string of the molecule is CC(C)N(C(=O)Cc1csc(N)n1)C(C)C. The van der Waals surface area contributed by atoms with Crippen LogP contribution in [0.2, 0.25) is 0 Å². The minimum absolute atomic E-state index is 0.107. The molecule has 90 valence electrons. The number of carbonyl (C=O) groups is 1. The molecule has 4 nitrogen and oxygen atoms in total. The smallest absolute Gasteiger partial charge is 0.229 e. The largest absolute Gasteiger partial charge is 0.375 e. The van der Waals surface area contributed by atoms with E-state index >= 15 is 0 Å². The van der Waals surface area contributed by atoms with Crippen molar-refractivity contribution >= 4 is 22.4 Å². The maximum absolute atomic E-state index is 12.1. The van der Waals surface area contributed by atoms with Gasteiger partial charge in [-0.05, 0) is 27.7 Å². The quantitative estimate of drug-likeness (QED) is 0.876. The predicted molar refractivity (Wildman–Crippen MR) is 67.3 cm³/mol. The topological polar surface area (TPSA) is 59.2 Å². The molecular formula is C11H19N3OS. The summed E-state index contributed by atoms with van der Waals surface area (Å²) < 4.78 is 0. The molecule has 0 aliphatic heterocycles. The first kappa shape index (κ1) is 13.0. The van der Waals surface area contributed by atoms with Crippen LogP contribution in [0.15, 0.2) is 5.38 Å². The van der Waals surface area contributed by atoms with E-state index in [9.17, 15) is 4.79 Å². The number of hydrogen-bond acceptors (Lipinski definition) is 4. The van der Waals surface area contributed by atoms with Gasteiger partial charge < -0.3 is 10.6 Å². The third-order valence-electron chi connectivity index (χ3n) is 2.30. The number of nitrogens with two attached hydrogens (primary N) is 1. The van der Waals surface area contributed by atoms with E-state index in [0.29, 0.717) is 11.6 Å². The van der Waals surface area contributed by atoms with Crippen molar-refractivity contribution in [1.82, 2.24) is 9.88 Å². The zero-order valence-corrected chi connectivity index (χ0v) is 11.0. The van der Waals surface area contributed by atoms with Gasteiger partial charge in [0.15, 0.2) is 5.13 Å². The Kier molecular flexibility index (Phi) is 4.29. The van der Waals surface area contributed by atoms with Crippen molar-refractivity contribution in [2.24, 2.45) is 0 Å². The second kappa shape index (κ2) is 5.30. The predicted octanol–water partition coefficient (Wildman–Crippen LogP) is 1.91. The molecule has 16 heavy (non-hydrogen) atoms. The molecule has 2 N–H and O–H groups in total. The van der Waals surface area contributed by atoms with E-state index in [1.165, 1.54) is 11.3 Å². The van der Waals surface area contributed by atoms with E-state index < -0.39 is 0 Å². The lowest BCUT2D eigenvalue weighted by Crippen LogP contribution is -2.42. The van der Waals surface area contributed by atoms with Crippen LogP contribution in [0.5, 0.6) is 0 Å². The molecule has 0 fully saturated rings. The number of thiazole rings is 1. The van der Waals surface area contributed by atoms with Crippen molar-refractivity contribution in [2.45, 2.75) is 46.2 Å². The number of rotatable bonds is 4. The molecule has 0 bridgehead atoms. The zero-order chi connectivity index (χ0) is 12.3. The normalized spacial score (nSPS) is 11.1. The Labute approximate surface area is 100 Å². The minimum Gasteiger partial charge on any atom is -0.375 e. The lowest BCUT2D eigenvalue weighted by atomic mass is 10.2. The lowest BCUT2D eigenvalue weighted by Gasteiger charge is -2.30. The molecule has 0 aliphatic rings. The molecule has 1 rings (SSSR count). The molecule has 1 amide bonds. The summed E-state index contributed by atoms with van der Waals surface area (Å²) in [5, 5.41) is 2.36. The molecule has 0 saturated heterocycles. The van der Waals surface area contributed by atoms with Crippen LogP contribution in [-0.4, -0.2) is 27.9 Å². The van der Waals surface area contributed by atoms with Crippen molar-refractivity contribution in [3.05, 3.63) is 11.1 Å². The molecule has 0 unspecified atom stereocenters. The van der Waals surface area contributed by atoms with Gasteiger partial charge in [-0.15, -0.1) is 11.3 Å². The highest BCUT2D eigenvalue weighted by molar-refractivity contribution is 7.13. The average Bonchev–Trinajstić information content (AvgIpc) is 2.49. The first-order valence-electron chi connectivity index (χ1n) is 5.43. The van der Waals surface area contributed by atoms with Crippen molar-refractivity contribution in [3.63, 3.8) is 0 Å². The molecule has 0 saturated carbocycles. The highest BCUT2D eigenvalue weighted by atomic mass is 32.1. The summed E-state index contributed by atoms with van der Waals surface area (Å²) in [4.78, 5) is 18.0. The van der Waals surface area contributed by atoms with Crippen LogP contribution in [0.1, 0.15) is 33.4 Å². The van der Waals surface area contributed by atoms with Crippen LogP contribution >= 0.6 is 11.3 Å². The van der Waals surface area contributed by atoms with E-state index in [0.717, 1.165) is 5.69 Å². The second-order valence-electron chi connectivity index (χ2n) is 4.34. The van der Waals surface area contributed by atoms with E-state index in [4.69, 9.17) is 5.73 Å². The summed E-state index contributed by atoms with van der Waals surface area (Å²) in [6.45, 7) is 8.08. The first-order chi connectivity index (χ1) is 7.41. The van der Waals surface area contributed by atoms with Crippen LogP contribution in [0.25, 0.3) is 0 Å². The third-order valence-corrected chi connectivity index (χ3v) is 3.03. The van der Waals surface area contributed by atoms with Gasteiger partial charge in [-0.2, -0.15) is 0 Å². The maximum Gasteiger partial charge on any atom is 0.229 e. The molecule has 0 aromatic carbocycles. The number of amides is 1. The van der Waals surface area contributed by atoms with Gasteiger partial charge in [0.05, 0.1) is 12.1 Å². The second-order valence-corrected chi connectivity index (χ2v) is 5.23. The van der Waals surface area contributed by atoms with Crippen LogP contribution in [-0.2, 0) is 11.2 Å². The number of nitrogens with zero attached hydrogens (tertiary/aromatic N) is 2. The zero-order valence-electron chi connectivity index (χ0n) is 10.2. The fraction of sp³-hybridized carbons (Fsp3) is 0.636. The van der Waals surface area contributed by atoms with Gasteiger partial charge in [-0.25, -0.2) is 4.98 Å². The van der Waals surface area contributed by atoms with E-state index in [-0.39, 0.29) is 18.0 Å². The average molecular weight is 241 g/mol. The van der Waals surface area contributed by atoms with Crippen LogP contribution in [0.4, 0.5) is 5.13 Å². The molecular weight excluding hydrogens is 222 g/mol. The van der Waals surface area contributed by atoms with Crippen molar-refractivity contribution < 1.29 is 4.79 Å². The molecule has 0 aliphatic carbocycles. The van der Waals surface area contributed by atoms with Gasteiger partial charge in [-0.1, -0.05) is 0 Å². The summed E-state index contributed by atoms with van der Waals surface area (Å²) in [7, 11) is 0. The summed E-state index contributed by atoms with van der Waals surface area (Å²) in [5.74, 6) is 0.107. The number of anilines is 1. The molecule has 1 heterocycles. The maximum atomic E-state index is 12.1. The van der Waals surface area contributed by atoms with E-state index in [1.54, 1.807) is 0 Å². The fourth-order valence-electron chi connectivity index (χ4n) is 1.82. The van der Waals surface area contributed by atoms with Gasteiger partial charge in [0.25, 0.3) is 0 Å². The van der Waals surface area contributed by atoms with E-state index in [2.05, 4.69) is 4.98 Å². The Balaban J connectivity index is 2.69. The lowest BCUT2D eigenvalue weighted by molar-refractivity contribution is -0.134. The Morgan fingerprint density at radius 1 is 1.44 bits per heavy atom. The van der Waals surface area contributed by atoms with Gasteiger partial charge in [0, 0.05) is 17.5 Å². The molecule has 0 radical (unpaired) electrons. The standard InChI is InChI=1S/C11H19N3OS/c1-7(2)14(8(3)4)10(15)5-9-6-16-11(12)13-9/h6-8H,5H2,1-4H3,(H2,12,13). The molecule has 1 aromatic rings.